The molecule has 0 amide bonds. The van der Waals surface area contributed by atoms with Gasteiger partial charge in [-0.2, -0.15) is 0 Å². The predicted molar refractivity (Wildman–Crippen MR) is 64.7 cm³/mol. The summed E-state index contributed by atoms with van der Waals surface area (Å²) in [5.41, 5.74) is 0.257. The summed E-state index contributed by atoms with van der Waals surface area (Å²) < 4.78 is 0. The highest BCUT2D eigenvalue weighted by Gasteiger charge is 2.46. The summed E-state index contributed by atoms with van der Waals surface area (Å²) >= 11 is 0. The van der Waals surface area contributed by atoms with Crippen LogP contribution < -0.4 is 0 Å². The van der Waals surface area contributed by atoms with Gasteiger partial charge < -0.3 is 0 Å². The molecule has 0 N–H and O–H groups in total. The summed E-state index contributed by atoms with van der Waals surface area (Å²) in [5, 5.41) is 0. The molecule has 1 nitrogen and oxygen atoms in total. The van der Waals surface area contributed by atoms with Crippen LogP contribution in [0.25, 0.3) is 0 Å². The third kappa shape index (κ3) is 2.26. The molecular formula is C14H26O. The highest BCUT2D eigenvalue weighted by Crippen LogP contribution is 2.50. The first-order chi connectivity index (χ1) is 6.69. The van der Waals surface area contributed by atoms with Crippen molar-refractivity contribution in [2.45, 2.75) is 60.8 Å². The van der Waals surface area contributed by atoms with Crippen LogP contribution in [0, 0.1) is 22.7 Å². The molecule has 15 heavy (non-hydrogen) atoms. The van der Waals surface area contributed by atoms with Gasteiger partial charge in [-0.3, -0.25) is 4.79 Å². The van der Waals surface area contributed by atoms with E-state index >= 15 is 0 Å². The van der Waals surface area contributed by atoms with E-state index in [9.17, 15) is 4.79 Å². The van der Waals surface area contributed by atoms with Gasteiger partial charge in [0.15, 0.2) is 0 Å². The second-order valence-electron chi connectivity index (χ2n) is 6.63. The highest BCUT2D eigenvalue weighted by atomic mass is 16.1. The fourth-order valence-electron chi connectivity index (χ4n) is 3.29. The van der Waals surface area contributed by atoms with Gasteiger partial charge in [0.05, 0.1) is 0 Å². The maximum atomic E-state index is 11.8. The standard InChI is InChI=1S/C14H26O/c1-10-12(13(3,4)5)8-7-9-14(10,6)11(2)15/h10,12H,7-9H2,1-6H3/t10-,12+,14-/m1/s1. The Morgan fingerprint density at radius 3 is 2.27 bits per heavy atom. The van der Waals surface area contributed by atoms with E-state index in [1.165, 1.54) is 12.8 Å². The van der Waals surface area contributed by atoms with Crippen LogP contribution >= 0.6 is 0 Å². The van der Waals surface area contributed by atoms with E-state index in [4.69, 9.17) is 0 Å². The minimum absolute atomic E-state index is 0.0732. The first-order valence-electron chi connectivity index (χ1n) is 6.20. The lowest BCUT2D eigenvalue weighted by Gasteiger charge is -2.48. The molecule has 0 unspecified atom stereocenters. The number of carbonyl (C=O) groups excluding carboxylic acids is 1. The van der Waals surface area contributed by atoms with E-state index in [0.29, 0.717) is 23.0 Å². The molecule has 1 aliphatic carbocycles. The first kappa shape index (κ1) is 12.7. The van der Waals surface area contributed by atoms with Crippen LogP contribution in [-0.4, -0.2) is 5.78 Å². The summed E-state index contributed by atoms with van der Waals surface area (Å²) in [6.07, 6.45) is 3.58. The molecule has 1 heteroatoms. The van der Waals surface area contributed by atoms with E-state index < -0.39 is 0 Å². The first-order valence-corrected chi connectivity index (χ1v) is 6.20. The van der Waals surface area contributed by atoms with Crippen molar-refractivity contribution < 1.29 is 4.79 Å². The molecule has 1 rings (SSSR count). The summed E-state index contributed by atoms with van der Waals surface area (Å²) in [6, 6.07) is 0. The third-order valence-corrected chi connectivity index (χ3v) is 4.74. The van der Waals surface area contributed by atoms with Gasteiger partial charge in [0.25, 0.3) is 0 Å². The normalized spacial score (nSPS) is 37.7. The largest absolute Gasteiger partial charge is 0.299 e. The lowest BCUT2D eigenvalue weighted by molar-refractivity contribution is -0.133. The number of Topliss-reactive ketones (excluding diaryl/α,β-unsaturated/α-hetero) is 1. The molecule has 1 saturated carbocycles. The maximum Gasteiger partial charge on any atom is 0.135 e. The number of rotatable bonds is 1. The number of hydrogen-bond acceptors (Lipinski definition) is 1. The van der Waals surface area contributed by atoms with Gasteiger partial charge in [-0.05, 0) is 37.0 Å². The van der Waals surface area contributed by atoms with Crippen molar-refractivity contribution in [2.75, 3.05) is 0 Å². The SMILES string of the molecule is CC(=O)[C@]1(C)CCC[C@H](C(C)(C)C)[C@H]1C. The van der Waals surface area contributed by atoms with Gasteiger partial charge in [-0.25, -0.2) is 0 Å². The van der Waals surface area contributed by atoms with Crippen molar-refractivity contribution in [1.29, 1.82) is 0 Å². The van der Waals surface area contributed by atoms with E-state index in [-0.39, 0.29) is 5.41 Å². The molecule has 88 valence electrons. The fourth-order valence-corrected chi connectivity index (χ4v) is 3.29. The monoisotopic (exact) mass is 210 g/mol. The van der Waals surface area contributed by atoms with Crippen molar-refractivity contribution in [2.24, 2.45) is 22.7 Å². The number of ketones is 1. The van der Waals surface area contributed by atoms with Crippen LogP contribution in [0.3, 0.4) is 0 Å². The Kier molecular flexibility index (Phi) is 3.33. The number of hydrogen-bond donors (Lipinski definition) is 0. The minimum Gasteiger partial charge on any atom is -0.299 e. The van der Waals surface area contributed by atoms with Crippen LogP contribution in [0.1, 0.15) is 60.8 Å². The quantitative estimate of drug-likeness (QED) is 0.637. The zero-order chi connectivity index (χ0) is 11.9. The van der Waals surface area contributed by atoms with Crippen LogP contribution in [-0.2, 0) is 4.79 Å². The molecule has 0 saturated heterocycles. The molecule has 1 fully saturated rings. The Labute approximate surface area is 94.6 Å². The van der Waals surface area contributed by atoms with Gasteiger partial charge in [-0.1, -0.05) is 41.0 Å². The fraction of sp³-hybridized carbons (Fsp3) is 0.929. The second-order valence-corrected chi connectivity index (χ2v) is 6.63. The zero-order valence-corrected chi connectivity index (χ0v) is 11.2. The molecule has 0 bridgehead atoms. The summed E-state index contributed by atoms with van der Waals surface area (Å²) in [6.45, 7) is 13.1. The van der Waals surface area contributed by atoms with Crippen molar-refractivity contribution in [3.63, 3.8) is 0 Å². The second kappa shape index (κ2) is 3.92. The van der Waals surface area contributed by atoms with Crippen molar-refractivity contribution in [1.82, 2.24) is 0 Å². The van der Waals surface area contributed by atoms with E-state index in [1.54, 1.807) is 6.92 Å². The number of carbonyl (C=O) groups is 1. The van der Waals surface area contributed by atoms with Crippen molar-refractivity contribution in [3.8, 4) is 0 Å². The van der Waals surface area contributed by atoms with Crippen LogP contribution in [0.4, 0.5) is 0 Å². The Balaban J connectivity index is 2.94. The van der Waals surface area contributed by atoms with Gasteiger partial charge in [0, 0.05) is 5.41 Å². The van der Waals surface area contributed by atoms with E-state index in [1.807, 2.05) is 0 Å². The third-order valence-electron chi connectivity index (χ3n) is 4.74. The molecular weight excluding hydrogens is 184 g/mol. The van der Waals surface area contributed by atoms with Crippen LogP contribution in [0.5, 0.6) is 0 Å². The molecule has 0 spiro atoms. The van der Waals surface area contributed by atoms with Crippen molar-refractivity contribution in [3.05, 3.63) is 0 Å². The summed E-state index contributed by atoms with van der Waals surface area (Å²) in [7, 11) is 0. The summed E-state index contributed by atoms with van der Waals surface area (Å²) in [5.74, 6) is 1.58. The lowest BCUT2D eigenvalue weighted by atomic mass is 9.56. The smallest absolute Gasteiger partial charge is 0.135 e. The predicted octanol–water partition coefficient (Wildman–Crippen LogP) is 4.06. The Morgan fingerprint density at radius 1 is 1.33 bits per heavy atom. The van der Waals surface area contributed by atoms with E-state index in [2.05, 4.69) is 34.6 Å². The molecule has 0 radical (unpaired) electrons. The van der Waals surface area contributed by atoms with E-state index in [0.717, 1.165) is 6.42 Å². The molecule has 3 atom stereocenters. The Bertz CT molecular complexity index is 249. The average molecular weight is 210 g/mol. The molecule has 0 aromatic rings. The minimum atomic E-state index is -0.0732. The Morgan fingerprint density at radius 2 is 1.87 bits per heavy atom. The molecule has 0 aromatic carbocycles. The van der Waals surface area contributed by atoms with Gasteiger partial charge >= 0.3 is 0 Å². The highest BCUT2D eigenvalue weighted by molar-refractivity contribution is 5.82. The summed E-state index contributed by atoms with van der Waals surface area (Å²) in [4.78, 5) is 11.8. The van der Waals surface area contributed by atoms with Gasteiger partial charge in [-0.15, -0.1) is 0 Å². The molecule has 0 aliphatic heterocycles. The van der Waals surface area contributed by atoms with Crippen LogP contribution in [0.15, 0.2) is 0 Å². The average Bonchev–Trinajstić information content (AvgIpc) is 2.07. The maximum absolute atomic E-state index is 11.8. The zero-order valence-electron chi connectivity index (χ0n) is 11.2. The van der Waals surface area contributed by atoms with Gasteiger partial charge in [0.2, 0.25) is 0 Å². The topological polar surface area (TPSA) is 17.1 Å². The molecule has 0 aromatic heterocycles. The lowest BCUT2D eigenvalue weighted by Crippen LogP contribution is -2.44. The van der Waals surface area contributed by atoms with Crippen LogP contribution in [0.2, 0.25) is 0 Å². The molecule has 1 aliphatic rings. The van der Waals surface area contributed by atoms with Gasteiger partial charge in [0.1, 0.15) is 5.78 Å². The van der Waals surface area contributed by atoms with Crippen molar-refractivity contribution >= 4 is 5.78 Å². The molecule has 0 heterocycles. The Hall–Kier alpha value is -0.330.